The predicted octanol–water partition coefficient (Wildman–Crippen LogP) is 1.11. The summed E-state index contributed by atoms with van der Waals surface area (Å²) in [7, 11) is 0. The summed E-state index contributed by atoms with van der Waals surface area (Å²) in [6.45, 7) is 6.17. The van der Waals surface area contributed by atoms with Gasteiger partial charge in [0.2, 0.25) is 0 Å². The van der Waals surface area contributed by atoms with Crippen LogP contribution in [0.25, 0.3) is 0 Å². The standard InChI is InChI=1S/C9H14N2O2.C2H6/c1-7-2-9(4-11-3-7)13-6-8(10)5-12;1-2/h2-4,8,12H,5-6,10H2,1H3;1-2H3. The van der Waals surface area contributed by atoms with Crippen molar-refractivity contribution in [1.82, 2.24) is 4.98 Å². The lowest BCUT2D eigenvalue weighted by Gasteiger charge is -2.10. The molecule has 86 valence electrons. The van der Waals surface area contributed by atoms with Gasteiger partial charge < -0.3 is 15.6 Å². The Morgan fingerprint density at radius 2 is 2.13 bits per heavy atom. The van der Waals surface area contributed by atoms with E-state index in [2.05, 4.69) is 4.98 Å². The van der Waals surface area contributed by atoms with Gasteiger partial charge in [0.05, 0.1) is 18.8 Å². The summed E-state index contributed by atoms with van der Waals surface area (Å²) in [5.41, 5.74) is 6.50. The highest BCUT2D eigenvalue weighted by atomic mass is 16.5. The van der Waals surface area contributed by atoms with Gasteiger partial charge in [-0.2, -0.15) is 0 Å². The number of hydrogen-bond acceptors (Lipinski definition) is 4. The second kappa shape index (κ2) is 8.20. The second-order valence-corrected chi connectivity index (χ2v) is 2.95. The maximum Gasteiger partial charge on any atom is 0.137 e. The first kappa shape index (κ1) is 13.9. The van der Waals surface area contributed by atoms with Crippen molar-refractivity contribution in [2.45, 2.75) is 26.8 Å². The Bertz CT molecular complexity index is 267. The highest BCUT2D eigenvalue weighted by Gasteiger charge is 2.01. The van der Waals surface area contributed by atoms with E-state index in [1.54, 1.807) is 12.4 Å². The quantitative estimate of drug-likeness (QED) is 0.784. The molecule has 0 fully saturated rings. The third-order valence-corrected chi connectivity index (χ3v) is 1.55. The van der Waals surface area contributed by atoms with Crippen LogP contribution in [0.15, 0.2) is 18.5 Å². The lowest BCUT2D eigenvalue weighted by atomic mass is 10.3. The maximum absolute atomic E-state index is 8.65. The number of aromatic nitrogens is 1. The third kappa shape index (κ3) is 6.04. The summed E-state index contributed by atoms with van der Waals surface area (Å²) in [5.74, 6) is 0.684. The first-order chi connectivity index (χ1) is 7.22. The topological polar surface area (TPSA) is 68.4 Å². The molecule has 1 heterocycles. The van der Waals surface area contributed by atoms with E-state index >= 15 is 0 Å². The van der Waals surface area contributed by atoms with Crippen LogP contribution in [0.3, 0.4) is 0 Å². The summed E-state index contributed by atoms with van der Waals surface area (Å²) >= 11 is 0. The molecule has 1 unspecified atom stereocenters. The minimum absolute atomic E-state index is 0.0702. The van der Waals surface area contributed by atoms with E-state index in [1.165, 1.54) is 0 Å². The number of rotatable bonds is 4. The van der Waals surface area contributed by atoms with Crippen LogP contribution < -0.4 is 10.5 Å². The Morgan fingerprint density at radius 1 is 1.47 bits per heavy atom. The van der Waals surface area contributed by atoms with Gasteiger partial charge >= 0.3 is 0 Å². The van der Waals surface area contributed by atoms with Gasteiger partial charge in [-0.25, -0.2) is 0 Å². The number of aliphatic hydroxyl groups excluding tert-OH is 1. The summed E-state index contributed by atoms with van der Waals surface area (Å²) in [4.78, 5) is 3.96. The van der Waals surface area contributed by atoms with Gasteiger partial charge in [0.15, 0.2) is 0 Å². The minimum atomic E-state index is -0.333. The van der Waals surface area contributed by atoms with E-state index in [0.717, 1.165) is 5.56 Å². The van der Waals surface area contributed by atoms with E-state index in [9.17, 15) is 0 Å². The van der Waals surface area contributed by atoms with Gasteiger partial charge in [0.25, 0.3) is 0 Å². The molecule has 15 heavy (non-hydrogen) atoms. The highest BCUT2D eigenvalue weighted by molar-refractivity contribution is 5.22. The maximum atomic E-state index is 8.65. The van der Waals surface area contributed by atoms with Crippen molar-refractivity contribution in [3.8, 4) is 5.75 Å². The van der Waals surface area contributed by atoms with Gasteiger partial charge in [-0.1, -0.05) is 13.8 Å². The molecule has 3 N–H and O–H groups in total. The molecule has 0 spiro atoms. The normalized spacial score (nSPS) is 11.3. The predicted molar refractivity (Wildman–Crippen MR) is 60.9 cm³/mol. The van der Waals surface area contributed by atoms with Crippen LogP contribution in [0.2, 0.25) is 0 Å². The number of pyridine rings is 1. The summed E-state index contributed by atoms with van der Waals surface area (Å²) < 4.78 is 5.29. The summed E-state index contributed by atoms with van der Waals surface area (Å²) in [6.07, 6.45) is 3.37. The first-order valence-electron chi connectivity index (χ1n) is 5.13. The number of hydrogen-bond donors (Lipinski definition) is 2. The number of aliphatic hydroxyl groups is 1. The molecule has 0 amide bonds. The van der Waals surface area contributed by atoms with E-state index in [1.807, 2.05) is 26.8 Å². The zero-order valence-corrected chi connectivity index (χ0v) is 9.60. The smallest absolute Gasteiger partial charge is 0.137 e. The zero-order valence-electron chi connectivity index (χ0n) is 9.60. The average molecular weight is 212 g/mol. The van der Waals surface area contributed by atoms with E-state index < -0.39 is 0 Å². The largest absolute Gasteiger partial charge is 0.490 e. The molecule has 1 atom stereocenters. The molecule has 0 bridgehead atoms. The molecule has 0 saturated carbocycles. The highest BCUT2D eigenvalue weighted by Crippen LogP contribution is 2.09. The van der Waals surface area contributed by atoms with Crippen molar-refractivity contribution in [2.24, 2.45) is 5.73 Å². The fourth-order valence-electron chi connectivity index (χ4n) is 0.862. The first-order valence-corrected chi connectivity index (χ1v) is 5.13. The van der Waals surface area contributed by atoms with Crippen LogP contribution in [0.4, 0.5) is 0 Å². The molecule has 0 aliphatic heterocycles. The van der Waals surface area contributed by atoms with Crippen molar-refractivity contribution in [3.05, 3.63) is 24.0 Å². The van der Waals surface area contributed by atoms with Gasteiger partial charge in [-0.05, 0) is 18.6 Å². The van der Waals surface area contributed by atoms with E-state index in [-0.39, 0.29) is 12.6 Å². The minimum Gasteiger partial charge on any atom is -0.490 e. The van der Waals surface area contributed by atoms with Crippen LogP contribution in [0, 0.1) is 6.92 Å². The lowest BCUT2D eigenvalue weighted by molar-refractivity contribution is 0.206. The Hall–Kier alpha value is -1.13. The van der Waals surface area contributed by atoms with Crippen LogP contribution in [-0.4, -0.2) is 29.3 Å². The Labute approximate surface area is 91.1 Å². The Morgan fingerprint density at radius 3 is 2.67 bits per heavy atom. The van der Waals surface area contributed by atoms with Crippen LogP contribution >= 0.6 is 0 Å². The Balaban J connectivity index is 0.000000921. The molecule has 0 aromatic carbocycles. The molecule has 0 radical (unpaired) electrons. The molecule has 1 rings (SSSR count). The van der Waals surface area contributed by atoms with Gasteiger partial charge in [-0.15, -0.1) is 0 Å². The molecular formula is C11H20N2O2. The SMILES string of the molecule is CC.Cc1cncc(OCC(N)CO)c1. The van der Waals surface area contributed by atoms with Crippen LogP contribution in [0.1, 0.15) is 19.4 Å². The van der Waals surface area contributed by atoms with Crippen molar-refractivity contribution in [3.63, 3.8) is 0 Å². The van der Waals surface area contributed by atoms with Gasteiger partial charge in [-0.3, -0.25) is 4.98 Å². The molecule has 0 aliphatic carbocycles. The van der Waals surface area contributed by atoms with Crippen LogP contribution in [-0.2, 0) is 0 Å². The summed E-state index contributed by atoms with van der Waals surface area (Å²) in [5, 5.41) is 8.65. The molecule has 4 heteroatoms. The zero-order chi connectivity index (χ0) is 11.7. The van der Waals surface area contributed by atoms with Gasteiger partial charge in [0.1, 0.15) is 12.4 Å². The fourth-order valence-corrected chi connectivity index (χ4v) is 0.862. The van der Waals surface area contributed by atoms with Crippen molar-refractivity contribution < 1.29 is 9.84 Å². The number of aryl methyl sites for hydroxylation is 1. The second-order valence-electron chi connectivity index (χ2n) is 2.95. The molecule has 1 aromatic rings. The van der Waals surface area contributed by atoms with Crippen LogP contribution in [0.5, 0.6) is 5.75 Å². The molecule has 4 nitrogen and oxygen atoms in total. The van der Waals surface area contributed by atoms with Crippen molar-refractivity contribution in [2.75, 3.05) is 13.2 Å². The molecular weight excluding hydrogens is 192 g/mol. The fraction of sp³-hybridized carbons (Fsp3) is 0.545. The molecule has 1 aromatic heterocycles. The molecule has 0 saturated heterocycles. The lowest BCUT2D eigenvalue weighted by Crippen LogP contribution is -2.31. The van der Waals surface area contributed by atoms with E-state index in [4.69, 9.17) is 15.6 Å². The third-order valence-electron chi connectivity index (χ3n) is 1.55. The summed E-state index contributed by atoms with van der Waals surface area (Å²) in [6, 6.07) is 1.54. The van der Waals surface area contributed by atoms with Crippen molar-refractivity contribution in [1.29, 1.82) is 0 Å². The number of nitrogens with zero attached hydrogens (tertiary/aromatic N) is 1. The van der Waals surface area contributed by atoms with Crippen molar-refractivity contribution >= 4 is 0 Å². The number of nitrogens with two attached hydrogens (primary N) is 1. The monoisotopic (exact) mass is 212 g/mol. The number of ether oxygens (including phenoxy) is 1. The average Bonchev–Trinajstić information content (AvgIpc) is 2.29. The molecule has 0 aliphatic rings. The van der Waals surface area contributed by atoms with Gasteiger partial charge in [0, 0.05) is 6.20 Å². The van der Waals surface area contributed by atoms with E-state index in [0.29, 0.717) is 12.4 Å². The Kier molecular flexibility index (Phi) is 7.58.